The lowest BCUT2D eigenvalue weighted by Crippen LogP contribution is -2.42. The van der Waals surface area contributed by atoms with Crippen LogP contribution >= 0.6 is 0 Å². The molecule has 3 N–H and O–H groups in total. The minimum absolute atomic E-state index is 0.217. The van der Waals surface area contributed by atoms with Gasteiger partial charge in [0, 0.05) is 22.8 Å². The van der Waals surface area contributed by atoms with Crippen molar-refractivity contribution in [2.75, 3.05) is 7.05 Å². The topological polar surface area (TPSA) is 75.7 Å². The standard InChI is InChI=1S/C19H27N3O2/c1-18(2,3)13-10-12(11-14(16(13)23)19(4,5)6)15-8-9-22(7,21-15)17(20)24/h8-11H,1-7H3,(H2-,20,21,23,24)/p+1. The molecular weight excluding hydrogens is 302 g/mol. The molecular formula is C19H28N3O2+. The van der Waals surface area contributed by atoms with Crippen LogP contribution in [0.5, 0.6) is 5.75 Å². The number of benzene rings is 1. The first-order valence-corrected chi connectivity index (χ1v) is 8.10. The second-order valence-corrected chi connectivity index (χ2v) is 8.59. The van der Waals surface area contributed by atoms with Gasteiger partial charge in [-0.05, 0) is 23.0 Å². The van der Waals surface area contributed by atoms with E-state index in [9.17, 15) is 9.90 Å². The molecule has 0 saturated heterocycles. The molecule has 0 aromatic heterocycles. The Bertz CT molecular complexity index is 714. The van der Waals surface area contributed by atoms with E-state index in [2.05, 4.69) is 46.6 Å². The number of hydrogen-bond donors (Lipinski definition) is 2. The molecule has 2 amide bonds. The minimum atomic E-state index is -0.535. The molecule has 1 aromatic rings. The Morgan fingerprint density at radius 1 is 1.08 bits per heavy atom. The largest absolute Gasteiger partial charge is 0.507 e. The fourth-order valence-electron chi connectivity index (χ4n) is 2.71. The number of carbonyl (C=O) groups excluding carboxylic acids is 1. The molecule has 1 aliphatic heterocycles. The van der Waals surface area contributed by atoms with Crippen LogP contribution in [0.1, 0.15) is 58.2 Å². The average molecular weight is 330 g/mol. The molecule has 0 fully saturated rings. The van der Waals surface area contributed by atoms with Gasteiger partial charge in [-0.25, -0.2) is 4.79 Å². The van der Waals surface area contributed by atoms with Crippen LogP contribution in [-0.2, 0) is 10.8 Å². The van der Waals surface area contributed by atoms with Crippen molar-refractivity contribution in [1.82, 2.24) is 0 Å². The highest BCUT2D eigenvalue weighted by Gasteiger charge is 2.34. The molecule has 5 nitrogen and oxygen atoms in total. The lowest BCUT2D eigenvalue weighted by molar-refractivity contribution is -0.778. The van der Waals surface area contributed by atoms with Gasteiger partial charge in [-0.2, -0.15) is 0 Å². The number of aromatic hydroxyl groups is 1. The van der Waals surface area contributed by atoms with E-state index in [1.165, 1.54) is 0 Å². The van der Waals surface area contributed by atoms with Gasteiger partial charge in [-0.1, -0.05) is 51.2 Å². The summed E-state index contributed by atoms with van der Waals surface area (Å²) in [5, 5.41) is 15.2. The van der Waals surface area contributed by atoms with Crippen LogP contribution in [0.4, 0.5) is 4.79 Å². The van der Waals surface area contributed by atoms with Crippen molar-refractivity contribution in [1.29, 1.82) is 0 Å². The van der Waals surface area contributed by atoms with Crippen molar-refractivity contribution in [3.05, 3.63) is 41.1 Å². The molecule has 0 aliphatic carbocycles. The molecule has 24 heavy (non-hydrogen) atoms. The summed E-state index contributed by atoms with van der Waals surface area (Å²) in [6.45, 7) is 12.4. The van der Waals surface area contributed by atoms with Crippen molar-refractivity contribution in [3.8, 4) is 5.75 Å². The molecule has 0 radical (unpaired) electrons. The average Bonchev–Trinajstić information content (AvgIpc) is 2.80. The van der Waals surface area contributed by atoms with Crippen molar-refractivity contribution < 1.29 is 14.5 Å². The third kappa shape index (κ3) is 3.22. The fourth-order valence-corrected chi connectivity index (χ4v) is 2.71. The molecule has 1 atom stereocenters. The van der Waals surface area contributed by atoms with Gasteiger partial charge < -0.3 is 10.8 Å². The van der Waals surface area contributed by atoms with Gasteiger partial charge in [0.05, 0.1) is 0 Å². The predicted molar refractivity (Wildman–Crippen MR) is 97.0 cm³/mol. The van der Waals surface area contributed by atoms with E-state index in [1.54, 1.807) is 19.3 Å². The smallest absolute Gasteiger partial charge is 0.445 e. The number of urea groups is 1. The maximum absolute atomic E-state index is 11.6. The molecule has 0 bridgehead atoms. The van der Waals surface area contributed by atoms with E-state index in [-0.39, 0.29) is 15.4 Å². The Labute approximate surface area is 144 Å². The van der Waals surface area contributed by atoms with Crippen LogP contribution in [-0.4, -0.2) is 28.5 Å². The molecule has 130 valence electrons. The van der Waals surface area contributed by atoms with Crippen LogP contribution in [0.15, 0.2) is 29.5 Å². The summed E-state index contributed by atoms with van der Waals surface area (Å²) in [6, 6.07) is 3.36. The number of primary amides is 1. The number of nitrogens with zero attached hydrogens (tertiary/aromatic N) is 2. The number of phenols is 1. The summed E-state index contributed by atoms with van der Waals surface area (Å²) < 4.78 is -0.300. The third-order valence-electron chi connectivity index (χ3n) is 4.31. The number of rotatable bonds is 1. The molecule has 0 saturated carbocycles. The molecule has 0 spiro atoms. The Morgan fingerprint density at radius 3 is 1.88 bits per heavy atom. The van der Waals surface area contributed by atoms with Crippen LogP contribution in [0.2, 0.25) is 0 Å². The predicted octanol–water partition coefficient (Wildman–Crippen LogP) is 3.74. The number of quaternary nitrogens is 1. The van der Waals surface area contributed by atoms with Crippen molar-refractivity contribution in [2.45, 2.75) is 52.4 Å². The first kappa shape index (κ1) is 18.2. The summed E-state index contributed by atoms with van der Waals surface area (Å²) in [6.07, 6.45) is 3.47. The lowest BCUT2D eigenvalue weighted by Gasteiger charge is -2.28. The summed E-state index contributed by atoms with van der Waals surface area (Å²) >= 11 is 0. The molecule has 2 rings (SSSR count). The number of nitrogens with two attached hydrogens (primary N) is 1. The minimum Gasteiger partial charge on any atom is -0.507 e. The van der Waals surface area contributed by atoms with Gasteiger partial charge in [-0.15, -0.1) is 0 Å². The molecule has 1 unspecified atom stereocenters. The van der Waals surface area contributed by atoms with E-state index >= 15 is 0 Å². The van der Waals surface area contributed by atoms with E-state index in [0.29, 0.717) is 11.5 Å². The third-order valence-corrected chi connectivity index (χ3v) is 4.31. The summed E-state index contributed by atoms with van der Waals surface area (Å²) in [5.74, 6) is 0.327. The van der Waals surface area contributed by atoms with Gasteiger partial charge in [0.1, 0.15) is 24.7 Å². The Morgan fingerprint density at radius 2 is 1.54 bits per heavy atom. The van der Waals surface area contributed by atoms with Gasteiger partial charge in [0.15, 0.2) is 0 Å². The highest BCUT2D eigenvalue weighted by molar-refractivity contribution is 6.09. The van der Waals surface area contributed by atoms with E-state index in [1.807, 2.05) is 12.1 Å². The van der Waals surface area contributed by atoms with Gasteiger partial charge in [0.25, 0.3) is 0 Å². The van der Waals surface area contributed by atoms with Crippen molar-refractivity contribution in [2.24, 2.45) is 10.8 Å². The number of carbonyl (C=O) groups is 1. The zero-order valence-electron chi connectivity index (χ0n) is 15.6. The number of amides is 2. The number of allylic oxidation sites excluding steroid dienone is 1. The first-order chi connectivity index (χ1) is 10.8. The van der Waals surface area contributed by atoms with Crippen LogP contribution in [0.3, 0.4) is 0 Å². The summed E-state index contributed by atoms with van der Waals surface area (Å²) in [7, 11) is 1.64. The van der Waals surface area contributed by atoms with Crippen LogP contribution in [0.25, 0.3) is 0 Å². The maximum atomic E-state index is 11.6. The maximum Gasteiger partial charge on any atom is 0.445 e. The highest BCUT2D eigenvalue weighted by Crippen LogP contribution is 2.40. The molecule has 1 aromatic carbocycles. The summed E-state index contributed by atoms with van der Waals surface area (Å²) in [5.41, 5.74) is 8.28. The zero-order valence-corrected chi connectivity index (χ0v) is 15.6. The normalized spacial score (nSPS) is 21.0. The lowest BCUT2D eigenvalue weighted by atomic mass is 9.78. The van der Waals surface area contributed by atoms with Crippen molar-refractivity contribution >= 4 is 11.7 Å². The molecule has 1 aliphatic rings. The second-order valence-electron chi connectivity index (χ2n) is 8.59. The SMILES string of the molecule is CC(C)(C)c1cc(C2=N[N+](C)(C(N)=O)C=C2)cc(C(C)(C)C)c1O. The van der Waals surface area contributed by atoms with Crippen LogP contribution in [0, 0.1) is 0 Å². The van der Waals surface area contributed by atoms with Crippen molar-refractivity contribution in [3.63, 3.8) is 0 Å². The first-order valence-electron chi connectivity index (χ1n) is 8.10. The van der Waals surface area contributed by atoms with Gasteiger partial charge >= 0.3 is 6.03 Å². The zero-order chi connectivity index (χ0) is 18.5. The number of phenolic OH excluding ortho intramolecular Hbond substituents is 1. The van der Waals surface area contributed by atoms with Gasteiger partial charge in [-0.3, -0.25) is 0 Å². The van der Waals surface area contributed by atoms with E-state index in [0.717, 1.165) is 16.7 Å². The Balaban J connectivity index is 2.70. The number of hydrogen-bond acceptors (Lipinski definition) is 3. The Hall–Kier alpha value is -2.14. The Kier molecular flexibility index (Phi) is 4.13. The molecule has 1 heterocycles. The second kappa shape index (κ2) is 5.45. The highest BCUT2D eigenvalue weighted by atomic mass is 16.3. The monoisotopic (exact) mass is 330 g/mol. The van der Waals surface area contributed by atoms with E-state index in [4.69, 9.17) is 5.73 Å². The fraction of sp³-hybridized carbons (Fsp3) is 0.474. The molecule has 5 heteroatoms. The van der Waals surface area contributed by atoms with Gasteiger partial charge in [0.2, 0.25) is 0 Å². The quantitative estimate of drug-likeness (QED) is 0.770. The van der Waals surface area contributed by atoms with E-state index < -0.39 is 6.03 Å². The summed E-state index contributed by atoms with van der Waals surface area (Å²) in [4.78, 5) is 11.6. The van der Waals surface area contributed by atoms with Crippen LogP contribution < -0.4 is 5.73 Å².